The van der Waals surface area contributed by atoms with Crippen molar-refractivity contribution in [3.05, 3.63) is 47.7 Å². The zero-order valence-corrected chi connectivity index (χ0v) is 11.4. The van der Waals surface area contributed by atoms with E-state index in [1.165, 1.54) is 0 Å². The van der Waals surface area contributed by atoms with Crippen molar-refractivity contribution >= 4 is 16.7 Å². The van der Waals surface area contributed by atoms with Crippen molar-refractivity contribution in [2.45, 2.75) is 13.0 Å². The molecule has 0 atom stereocenters. The van der Waals surface area contributed by atoms with E-state index in [0.717, 1.165) is 34.3 Å². The smallest absolute Gasteiger partial charge is 0.180 e. The maximum atomic E-state index is 6.03. The summed E-state index contributed by atoms with van der Waals surface area (Å²) in [6.07, 6.45) is 0.767. The van der Waals surface area contributed by atoms with Crippen LogP contribution in [0.2, 0.25) is 0 Å². The number of nitrogen functional groups attached to an aromatic ring is 1. The molecule has 21 heavy (non-hydrogen) atoms. The number of nitrogens with zero attached hydrogens (tertiary/aromatic N) is 3. The van der Waals surface area contributed by atoms with Gasteiger partial charge in [-0.15, -0.1) is 0 Å². The lowest BCUT2D eigenvalue weighted by atomic mass is 10.1. The molecule has 1 aliphatic rings. The van der Waals surface area contributed by atoms with Crippen LogP contribution in [-0.4, -0.2) is 21.6 Å². The molecule has 0 fully saturated rings. The number of para-hydroxylation sites is 1. The predicted octanol–water partition coefficient (Wildman–Crippen LogP) is 2.35. The first kappa shape index (κ1) is 12.2. The summed E-state index contributed by atoms with van der Waals surface area (Å²) in [5.74, 6) is 1.07. The Morgan fingerprint density at radius 1 is 1.00 bits per heavy atom. The molecule has 3 aromatic rings. The molecule has 0 spiro atoms. The van der Waals surface area contributed by atoms with Gasteiger partial charge in [0, 0.05) is 17.4 Å². The van der Waals surface area contributed by atoms with Gasteiger partial charge in [0.15, 0.2) is 5.82 Å². The molecule has 0 unspecified atom stereocenters. The van der Waals surface area contributed by atoms with Crippen LogP contribution in [0.1, 0.15) is 11.3 Å². The minimum Gasteiger partial charge on any atom is -0.383 e. The number of anilines is 1. The largest absolute Gasteiger partial charge is 0.383 e. The molecule has 0 saturated carbocycles. The molecule has 0 amide bonds. The van der Waals surface area contributed by atoms with Crippen LogP contribution in [0.3, 0.4) is 0 Å². The molecule has 104 valence electrons. The monoisotopic (exact) mass is 278 g/mol. The molecule has 4 rings (SSSR count). The zero-order chi connectivity index (χ0) is 14.2. The number of rotatable bonds is 1. The topological polar surface area (TPSA) is 73.9 Å². The summed E-state index contributed by atoms with van der Waals surface area (Å²) >= 11 is 0. The lowest BCUT2D eigenvalue weighted by Crippen LogP contribution is -2.16. The SMILES string of the molecule is Nc1nc(-c2ccc3ccccc3n2)nc2c1COCC2. The lowest BCUT2D eigenvalue weighted by Gasteiger charge is -2.17. The number of fused-ring (bicyclic) bond motifs is 2. The minimum atomic E-state index is 0.490. The molecule has 2 N–H and O–H groups in total. The van der Waals surface area contributed by atoms with Gasteiger partial charge in [0.05, 0.1) is 24.4 Å². The van der Waals surface area contributed by atoms with Crippen molar-refractivity contribution in [3.63, 3.8) is 0 Å². The molecule has 1 aromatic carbocycles. The number of pyridine rings is 1. The number of ether oxygens (including phenoxy) is 1. The Morgan fingerprint density at radius 3 is 2.86 bits per heavy atom. The fraction of sp³-hybridized carbons (Fsp3) is 0.188. The van der Waals surface area contributed by atoms with Crippen LogP contribution in [-0.2, 0) is 17.8 Å². The van der Waals surface area contributed by atoms with Gasteiger partial charge < -0.3 is 10.5 Å². The van der Waals surface area contributed by atoms with E-state index in [9.17, 15) is 0 Å². The van der Waals surface area contributed by atoms with Crippen molar-refractivity contribution in [1.29, 1.82) is 0 Å². The average Bonchev–Trinajstić information content (AvgIpc) is 2.54. The standard InChI is InChI=1S/C16H14N4O/c17-15-11-9-21-8-7-13(11)19-16(20-15)14-6-5-10-3-1-2-4-12(10)18-14/h1-6H,7-9H2,(H2,17,19,20). The number of nitrogens with two attached hydrogens (primary N) is 1. The van der Waals surface area contributed by atoms with E-state index in [4.69, 9.17) is 10.5 Å². The quantitative estimate of drug-likeness (QED) is 0.739. The summed E-state index contributed by atoms with van der Waals surface area (Å²) in [7, 11) is 0. The Balaban J connectivity index is 1.86. The lowest BCUT2D eigenvalue weighted by molar-refractivity contribution is 0.109. The normalized spacial score (nSPS) is 14.1. The predicted molar refractivity (Wildman–Crippen MR) is 80.5 cm³/mol. The number of hydrogen-bond acceptors (Lipinski definition) is 5. The molecule has 0 saturated heterocycles. The molecule has 2 aromatic heterocycles. The summed E-state index contributed by atoms with van der Waals surface area (Å²) in [4.78, 5) is 13.6. The van der Waals surface area contributed by atoms with E-state index in [1.54, 1.807) is 0 Å². The number of benzene rings is 1. The minimum absolute atomic E-state index is 0.490. The maximum Gasteiger partial charge on any atom is 0.180 e. The Morgan fingerprint density at radius 2 is 1.90 bits per heavy atom. The Labute approximate surface area is 121 Å². The molecule has 5 nitrogen and oxygen atoms in total. The van der Waals surface area contributed by atoms with Crippen LogP contribution in [0.25, 0.3) is 22.4 Å². The Kier molecular flexibility index (Phi) is 2.79. The van der Waals surface area contributed by atoms with E-state index >= 15 is 0 Å². The average molecular weight is 278 g/mol. The second-order valence-corrected chi connectivity index (χ2v) is 5.05. The van der Waals surface area contributed by atoms with Crippen molar-refractivity contribution in [1.82, 2.24) is 15.0 Å². The van der Waals surface area contributed by atoms with E-state index in [1.807, 2.05) is 36.4 Å². The first-order valence-corrected chi connectivity index (χ1v) is 6.90. The molecule has 0 aliphatic carbocycles. The molecular weight excluding hydrogens is 264 g/mol. The molecule has 5 heteroatoms. The first-order chi connectivity index (χ1) is 10.3. The van der Waals surface area contributed by atoms with Crippen molar-refractivity contribution in [3.8, 4) is 11.5 Å². The number of aromatic nitrogens is 3. The van der Waals surface area contributed by atoms with Gasteiger partial charge in [0.1, 0.15) is 11.5 Å². The van der Waals surface area contributed by atoms with Gasteiger partial charge in [0.2, 0.25) is 0 Å². The first-order valence-electron chi connectivity index (χ1n) is 6.90. The Bertz CT molecular complexity index is 832. The summed E-state index contributed by atoms with van der Waals surface area (Å²) in [5, 5.41) is 1.10. The van der Waals surface area contributed by atoms with Gasteiger partial charge in [-0.3, -0.25) is 0 Å². The summed E-state index contributed by atoms with van der Waals surface area (Å²) in [6.45, 7) is 1.17. The van der Waals surface area contributed by atoms with Crippen LogP contribution < -0.4 is 5.73 Å². The highest BCUT2D eigenvalue weighted by Gasteiger charge is 2.17. The summed E-state index contributed by atoms with van der Waals surface area (Å²) in [5.41, 5.74) is 9.59. The third kappa shape index (κ3) is 2.11. The molecular formula is C16H14N4O. The summed E-state index contributed by atoms with van der Waals surface area (Å²) in [6, 6.07) is 11.9. The molecule has 0 bridgehead atoms. The molecule has 0 radical (unpaired) electrons. The van der Waals surface area contributed by atoms with Gasteiger partial charge in [0.25, 0.3) is 0 Å². The van der Waals surface area contributed by atoms with Crippen molar-refractivity contribution in [2.75, 3.05) is 12.3 Å². The number of hydrogen-bond donors (Lipinski definition) is 1. The van der Waals surface area contributed by atoms with Crippen LogP contribution in [0.4, 0.5) is 5.82 Å². The molecule has 3 heterocycles. The van der Waals surface area contributed by atoms with Gasteiger partial charge in [-0.05, 0) is 12.1 Å². The van der Waals surface area contributed by atoms with Crippen LogP contribution in [0.5, 0.6) is 0 Å². The fourth-order valence-corrected chi connectivity index (χ4v) is 2.56. The van der Waals surface area contributed by atoms with Gasteiger partial charge in [-0.1, -0.05) is 24.3 Å². The Hall–Kier alpha value is -2.53. The second kappa shape index (κ2) is 4.79. The second-order valence-electron chi connectivity index (χ2n) is 5.05. The third-order valence-corrected chi connectivity index (χ3v) is 3.68. The zero-order valence-electron chi connectivity index (χ0n) is 11.4. The van der Waals surface area contributed by atoms with Crippen LogP contribution in [0, 0.1) is 0 Å². The fourth-order valence-electron chi connectivity index (χ4n) is 2.56. The van der Waals surface area contributed by atoms with E-state index < -0.39 is 0 Å². The highest BCUT2D eigenvalue weighted by molar-refractivity contribution is 5.80. The van der Waals surface area contributed by atoms with Crippen LogP contribution in [0.15, 0.2) is 36.4 Å². The maximum absolute atomic E-state index is 6.03. The molecule has 1 aliphatic heterocycles. The summed E-state index contributed by atoms with van der Waals surface area (Å²) < 4.78 is 5.40. The third-order valence-electron chi connectivity index (χ3n) is 3.68. The van der Waals surface area contributed by atoms with Crippen molar-refractivity contribution in [2.24, 2.45) is 0 Å². The van der Waals surface area contributed by atoms with Gasteiger partial charge >= 0.3 is 0 Å². The van der Waals surface area contributed by atoms with E-state index in [-0.39, 0.29) is 0 Å². The highest BCUT2D eigenvalue weighted by atomic mass is 16.5. The van der Waals surface area contributed by atoms with Gasteiger partial charge in [-0.2, -0.15) is 0 Å². The van der Waals surface area contributed by atoms with E-state index in [0.29, 0.717) is 24.9 Å². The van der Waals surface area contributed by atoms with Gasteiger partial charge in [-0.25, -0.2) is 15.0 Å². The van der Waals surface area contributed by atoms with Crippen LogP contribution >= 0.6 is 0 Å². The van der Waals surface area contributed by atoms with E-state index in [2.05, 4.69) is 15.0 Å². The van der Waals surface area contributed by atoms with Crippen molar-refractivity contribution < 1.29 is 4.74 Å². The highest BCUT2D eigenvalue weighted by Crippen LogP contribution is 2.24.